The Kier molecular flexibility index (Phi) is 5.42. The summed E-state index contributed by atoms with van der Waals surface area (Å²) in [5, 5.41) is 0. The van der Waals surface area contributed by atoms with E-state index in [2.05, 4.69) is 6.58 Å². The molecule has 2 rings (SSSR count). The average molecular weight is 314 g/mol. The summed E-state index contributed by atoms with van der Waals surface area (Å²) in [6.07, 6.45) is 1.18. The van der Waals surface area contributed by atoms with Crippen LogP contribution in [0.3, 0.4) is 0 Å². The monoisotopic (exact) mass is 314 g/mol. The van der Waals surface area contributed by atoms with Crippen molar-refractivity contribution in [2.24, 2.45) is 0 Å². The predicted octanol–water partition coefficient (Wildman–Crippen LogP) is 3.32. The highest BCUT2D eigenvalue weighted by atomic mass is 31.2. The third-order valence-corrected chi connectivity index (χ3v) is 4.33. The van der Waals surface area contributed by atoms with Gasteiger partial charge in [0.25, 0.3) is 0 Å². The van der Waals surface area contributed by atoms with Gasteiger partial charge in [-0.2, -0.15) is 0 Å². The largest absolute Gasteiger partial charge is 0.493 e. The van der Waals surface area contributed by atoms with E-state index in [0.717, 1.165) is 5.56 Å². The number of hydrogen-bond acceptors (Lipinski definition) is 6. The van der Waals surface area contributed by atoms with Crippen molar-refractivity contribution in [3.8, 4) is 11.5 Å². The van der Waals surface area contributed by atoms with Crippen LogP contribution in [-0.4, -0.2) is 26.6 Å². The molecule has 0 aliphatic carbocycles. The van der Waals surface area contributed by atoms with Gasteiger partial charge in [0.1, 0.15) is 0 Å². The second-order valence-corrected chi connectivity index (χ2v) is 5.88. The highest BCUT2D eigenvalue weighted by Gasteiger charge is 2.35. The van der Waals surface area contributed by atoms with E-state index in [9.17, 15) is 4.57 Å². The van der Waals surface area contributed by atoms with E-state index < -0.39 is 14.1 Å². The van der Waals surface area contributed by atoms with E-state index in [1.807, 2.05) is 12.1 Å². The summed E-state index contributed by atoms with van der Waals surface area (Å²) >= 11 is 0. The van der Waals surface area contributed by atoms with Crippen molar-refractivity contribution < 1.29 is 27.6 Å². The van der Waals surface area contributed by atoms with E-state index >= 15 is 0 Å². The highest BCUT2D eigenvalue weighted by Crippen LogP contribution is 2.52. The summed E-state index contributed by atoms with van der Waals surface area (Å²) in [4.78, 5) is 0. The maximum absolute atomic E-state index is 12.4. The zero-order valence-corrected chi connectivity index (χ0v) is 13.0. The zero-order valence-electron chi connectivity index (χ0n) is 12.1. The van der Waals surface area contributed by atoms with Crippen LogP contribution >= 0.6 is 7.82 Å². The van der Waals surface area contributed by atoms with Crippen LogP contribution in [0.1, 0.15) is 12.5 Å². The Bertz CT molecular complexity index is 544. The Morgan fingerprint density at radius 2 is 2.29 bits per heavy atom. The SMILES string of the molecule is C=CCOP(=O)(OCC)OC1Cc2cccc(OC)c2O1. The highest BCUT2D eigenvalue weighted by molar-refractivity contribution is 7.48. The molecule has 1 aromatic rings. The number of fused-ring (bicyclic) bond motifs is 1. The van der Waals surface area contributed by atoms with E-state index in [4.69, 9.17) is 23.0 Å². The van der Waals surface area contributed by atoms with Crippen molar-refractivity contribution >= 4 is 7.82 Å². The summed E-state index contributed by atoms with van der Waals surface area (Å²) in [7, 11) is -2.11. The molecule has 1 aliphatic rings. The normalized spacial score (nSPS) is 19.4. The van der Waals surface area contributed by atoms with Crippen LogP contribution in [0.5, 0.6) is 11.5 Å². The standard InChI is InChI=1S/C14H19O6P/c1-4-9-18-21(15,17-5-2)20-13-10-11-7-6-8-12(16-3)14(11)19-13/h4,6-8,13H,1,5,9-10H2,2-3H3. The van der Waals surface area contributed by atoms with Crippen molar-refractivity contribution in [3.05, 3.63) is 36.4 Å². The molecule has 1 heterocycles. The van der Waals surface area contributed by atoms with Crippen LogP contribution in [0.15, 0.2) is 30.9 Å². The Morgan fingerprint density at radius 1 is 1.48 bits per heavy atom. The summed E-state index contributed by atoms with van der Waals surface area (Å²) < 4.78 is 38.9. The third kappa shape index (κ3) is 3.86. The maximum atomic E-state index is 12.4. The summed E-state index contributed by atoms with van der Waals surface area (Å²) in [5.74, 6) is 1.20. The molecule has 2 unspecified atom stereocenters. The number of phosphoric ester groups is 1. The number of phosphoric acid groups is 1. The molecule has 116 valence electrons. The number of rotatable bonds is 8. The number of ether oxygens (including phenoxy) is 2. The molecule has 0 aromatic heterocycles. The van der Waals surface area contributed by atoms with Gasteiger partial charge in [0.2, 0.25) is 6.29 Å². The van der Waals surface area contributed by atoms with Gasteiger partial charge < -0.3 is 9.47 Å². The minimum atomic E-state index is -3.67. The van der Waals surface area contributed by atoms with Crippen LogP contribution in [-0.2, 0) is 24.6 Å². The molecule has 0 saturated heterocycles. The number of methoxy groups -OCH3 is 1. The molecule has 0 radical (unpaired) electrons. The van der Waals surface area contributed by atoms with Gasteiger partial charge in [-0.15, -0.1) is 6.58 Å². The molecule has 0 saturated carbocycles. The van der Waals surface area contributed by atoms with Crippen LogP contribution in [0.2, 0.25) is 0 Å². The lowest BCUT2D eigenvalue weighted by Crippen LogP contribution is -2.18. The first-order valence-electron chi connectivity index (χ1n) is 6.62. The fourth-order valence-electron chi connectivity index (χ4n) is 1.97. The molecule has 2 atom stereocenters. The van der Waals surface area contributed by atoms with Crippen LogP contribution < -0.4 is 9.47 Å². The Labute approximate surface area is 124 Å². The molecule has 7 heteroatoms. The Hall–Kier alpha value is -1.33. The topological polar surface area (TPSA) is 63.2 Å². The van der Waals surface area contributed by atoms with Gasteiger partial charge in [-0.25, -0.2) is 9.09 Å². The quantitative estimate of drug-likeness (QED) is 0.542. The molecular formula is C14H19O6P. The second kappa shape index (κ2) is 7.09. The summed E-state index contributed by atoms with van der Waals surface area (Å²) in [6, 6.07) is 5.55. The first-order valence-corrected chi connectivity index (χ1v) is 8.09. The lowest BCUT2D eigenvalue weighted by atomic mass is 10.1. The van der Waals surface area contributed by atoms with Gasteiger partial charge in [0.05, 0.1) is 20.3 Å². The lowest BCUT2D eigenvalue weighted by molar-refractivity contribution is -0.0140. The molecule has 1 aromatic carbocycles. The van der Waals surface area contributed by atoms with Gasteiger partial charge >= 0.3 is 7.82 Å². The summed E-state index contributed by atoms with van der Waals surface area (Å²) in [6.45, 7) is 5.49. The zero-order chi connectivity index (χ0) is 15.3. The van der Waals surface area contributed by atoms with Gasteiger partial charge in [-0.3, -0.25) is 9.05 Å². The van der Waals surface area contributed by atoms with E-state index in [-0.39, 0.29) is 13.2 Å². The minimum absolute atomic E-state index is 0.0697. The summed E-state index contributed by atoms with van der Waals surface area (Å²) in [5.41, 5.74) is 0.922. The molecule has 21 heavy (non-hydrogen) atoms. The van der Waals surface area contributed by atoms with E-state index in [0.29, 0.717) is 17.9 Å². The van der Waals surface area contributed by atoms with E-state index in [1.165, 1.54) is 6.08 Å². The van der Waals surface area contributed by atoms with Crippen LogP contribution in [0.25, 0.3) is 0 Å². The van der Waals surface area contributed by atoms with Crippen LogP contribution in [0.4, 0.5) is 0 Å². The molecule has 0 amide bonds. The Morgan fingerprint density at radius 3 is 2.95 bits per heavy atom. The van der Waals surface area contributed by atoms with E-state index in [1.54, 1.807) is 20.1 Å². The molecule has 0 spiro atoms. The minimum Gasteiger partial charge on any atom is -0.493 e. The van der Waals surface area contributed by atoms with Crippen molar-refractivity contribution in [2.75, 3.05) is 20.3 Å². The first kappa shape index (κ1) is 16.0. The number of hydrogen-bond donors (Lipinski definition) is 0. The predicted molar refractivity (Wildman–Crippen MR) is 77.6 cm³/mol. The molecule has 1 aliphatic heterocycles. The smallest absolute Gasteiger partial charge is 0.478 e. The fourth-order valence-corrected chi connectivity index (χ4v) is 3.18. The van der Waals surface area contributed by atoms with Crippen LogP contribution in [0, 0.1) is 0 Å². The van der Waals surface area contributed by atoms with Crippen molar-refractivity contribution in [2.45, 2.75) is 19.6 Å². The molecule has 0 N–H and O–H groups in total. The van der Waals surface area contributed by atoms with Gasteiger partial charge in [0.15, 0.2) is 11.5 Å². The number of benzene rings is 1. The maximum Gasteiger partial charge on any atom is 0.478 e. The molecule has 0 fully saturated rings. The fraction of sp³-hybridized carbons (Fsp3) is 0.429. The van der Waals surface area contributed by atoms with Crippen molar-refractivity contribution in [1.29, 1.82) is 0 Å². The van der Waals surface area contributed by atoms with Crippen molar-refractivity contribution in [1.82, 2.24) is 0 Å². The van der Waals surface area contributed by atoms with Gasteiger partial charge in [-0.05, 0) is 13.0 Å². The molecule has 6 nitrogen and oxygen atoms in total. The second-order valence-electron chi connectivity index (χ2n) is 4.25. The van der Waals surface area contributed by atoms with Gasteiger partial charge in [0, 0.05) is 12.0 Å². The average Bonchev–Trinajstić information content (AvgIpc) is 2.87. The molecular weight excluding hydrogens is 295 g/mol. The van der Waals surface area contributed by atoms with Crippen molar-refractivity contribution in [3.63, 3.8) is 0 Å². The lowest BCUT2D eigenvalue weighted by Gasteiger charge is -2.20. The third-order valence-electron chi connectivity index (χ3n) is 2.80. The Balaban J connectivity index is 2.07. The molecule has 0 bridgehead atoms. The van der Waals surface area contributed by atoms with Gasteiger partial charge in [-0.1, -0.05) is 18.2 Å². The number of para-hydroxylation sites is 1. The first-order chi connectivity index (χ1) is 10.1.